The minimum atomic E-state index is -0.874. The van der Waals surface area contributed by atoms with Crippen LogP contribution in [0.2, 0.25) is 0 Å². The number of ketones is 2. The Morgan fingerprint density at radius 3 is 2.34 bits per heavy atom. The van der Waals surface area contributed by atoms with Gasteiger partial charge in [-0.25, -0.2) is 14.5 Å². The van der Waals surface area contributed by atoms with Crippen LogP contribution in [0.5, 0.6) is 5.75 Å². The molecule has 65 heavy (non-hydrogen) atoms. The van der Waals surface area contributed by atoms with Crippen molar-refractivity contribution in [2.75, 3.05) is 25.0 Å². The number of urea groups is 1. The molecule has 3 aromatic carbocycles. The number of aliphatic hydroxyl groups excluding tert-OH is 2. The van der Waals surface area contributed by atoms with Crippen molar-refractivity contribution in [3.8, 4) is 16.2 Å². The normalized spacial score (nSPS) is 15.3. The minimum absolute atomic E-state index is 0.00141. The first-order chi connectivity index (χ1) is 31.1. The zero-order chi connectivity index (χ0) is 46.7. The monoisotopic (exact) mass is 906 g/mol. The second kappa shape index (κ2) is 22.1. The van der Waals surface area contributed by atoms with Crippen LogP contribution in [0.25, 0.3) is 10.4 Å². The van der Waals surface area contributed by atoms with Gasteiger partial charge in [-0.1, -0.05) is 87.9 Å². The first kappa shape index (κ1) is 48.2. The number of ether oxygens (including phenoxy) is 1. The number of carbonyl (C=O) groups excluding carboxylic acids is 5. The number of carbonyl (C=O) groups is 5. The molecule has 1 saturated heterocycles. The maximum absolute atomic E-state index is 14.2. The number of β-amino-alcohol motifs (C(OH)–C–C–N with tert-alkyl or cyclic N) is 1. The largest absolute Gasteiger partial charge is 0.471 e. The number of nitrogens with zero attached hydrogens (tertiary/aromatic N) is 6. The number of aryl methyl sites for hydroxylation is 1. The molecule has 0 saturated carbocycles. The van der Waals surface area contributed by atoms with Crippen LogP contribution in [-0.2, 0) is 40.6 Å². The van der Waals surface area contributed by atoms with Gasteiger partial charge in [-0.3, -0.25) is 19.2 Å². The molecule has 5 aromatic rings. The molecule has 344 valence electrons. The van der Waals surface area contributed by atoms with Crippen molar-refractivity contribution in [3.05, 3.63) is 113 Å². The first-order valence-electron chi connectivity index (χ1n) is 21.8. The Morgan fingerprint density at radius 1 is 0.985 bits per heavy atom. The quantitative estimate of drug-likeness (QED) is 0.0647. The summed E-state index contributed by atoms with van der Waals surface area (Å²) in [7, 11) is 0. The third-order valence-corrected chi connectivity index (χ3v) is 12.3. The molecular weight excluding hydrogens is 849 g/mol. The van der Waals surface area contributed by atoms with E-state index in [1.807, 2.05) is 64.4 Å². The van der Waals surface area contributed by atoms with Crippen LogP contribution in [-0.4, -0.2) is 101 Å². The third kappa shape index (κ3) is 13.1. The number of aliphatic hydroxyl groups is 2. The van der Waals surface area contributed by atoms with E-state index in [0.717, 1.165) is 40.1 Å². The second-order valence-corrected chi connectivity index (χ2v) is 18.3. The Bertz CT molecular complexity index is 2410. The van der Waals surface area contributed by atoms with Gasteiger partial charge in [0.1, 0.15) is 24.2 Å². The number of thiazole rings is 1. The zero-order valence-corrected chi connectivity index (χ0v) is 38.3. The topological polar surface area (TPSA) is 209 Å². The van der Waals surface area contributed by atoms with E-state index in [-0.39, 0.29) is 68.5 Å². The van der Waals surface area contributed by atoms with Gasteiger partial charge in [0.05, 0.1) is 40.5 Å². The van der Waals surface area contributed by atoms with Crippen LogP contribution in [0.15, 0.2) is 84.5 Å². The van der Waals surface area contributed by atoms with Crippen LogP contribution in [0, 0.1) is 18.3 Å². The van der Waals surface area contributed by atoms with Crippen molar-refractivity contribution in [1.29, 1.82) is 0 Å². The smallest absolute Gasteiger partial charge is 0.322 e. The lowest BCUT2D eigenvalue weighted by molar-refractivity contribution is -0.146. The summed E-state index contributed by atoms with van der Waals surface area (Å²) in [6.45, 7) is 10.2. The van der Waals surface area contributed by atoms with Gasteiger partial charge in [-0.15, -0.1) is 16.4 Å². The standard InChI is InChI=1S/C48H58N8O8S/c1-6-7-20-54(25-33-10-12-34(13-11-33)43(60)28-57)47(63)51-36-16-18-40(19-17-36)64-30-55-26-37(52-53-55)21-38(58)22-41(48(3,4)5)46(62)56-27-39(59)23-42(56)45(61)49-24-32-8-14-35(15-9-32)44-31(2)50-29-65-44/h8-19,26,29,39,41-42,57,59H,6-7,20-25,27-28,30H2,1-5H3,(H,49,61)(H,51,63)/t39-,41-,42+/m1/s1. The number of anilines is 1. The Morgan fingerprint density at radius 2 is 1.69 bits per heavy atom. The van der Waals surface area contributed by atoms with Crippen LogP contribution in [0.4, 0.5) is 10.5 Å². The number of amides is 4. The number of likely N-dealkylation sites (tertiary alicyclic amines) is 1. The van der Waals surface area contributed by atoms with E-state index in [1.54, 1.807) is 71.0 Å². The molecule has 0 aliphatic carbocycles. The SMILES string of the molecule is CCCCN(Cc1ccc(C(=O)CO)cc1)C(=O)Nc1ccc(OCn2cc(CC(=O)C[C@H](C(=O)N3C[C@H](O)C[C@H]3C(=O)NCc3ccc(-c4scnc4C)cc3)C(C)(C)C)nn2)cc1. The van der Waals surface area contributed by atoms with Crippen LogP contribution in [0.3, 0.4) is 0 Å². The summed E-state index contributed by atoms with van der Waals surface area (Å²) in [5.74, 6) is -1.55. The van der Waals surface area contributed by atoms with Crippen molar-refractivity contribution in [3.63, 3.8) is 0 Å². The van der Waals surface area contributed by atoms with Crippen molar-refractivity contribution in [2.24, 2.45) is 11.3 Å². The Balaban J connectivity index is 0.983. The highest BCUT2D eigenvalue weighted by Crippen LogP contribution is 2.34. The fourth-order valence-corrected chi connectivity index (χ4v) is 8.41. The molecule has 3 heterocycles. The molecule has 0 unspecified atom stereocenters. The molecule has 17 heteroatoms. The highest BCUT2D eigenvalue weighted by molar-refractivity contribution is 7.13. The fourth-order valence-electron chi connectivity index (χ4n) is 7.60. The molecule has 6 rings (SSSR count). The predicted octanol–water partition coefficient (Wildman–Crippen LogP) is 6.20. The van der Waals surface area contributed by atoms with Crippen LogP contribution in [0.1, 0.15) is 86.3 Å². The minimum Gasteiger partial charge on any atom is -0.471 e. The van der Waals surface area contributed by atoms with Gasteiger partial charge >= 0.3 is 6.03 Å². The number of Topliss-reactive ketones (excluding diaryl/α,β-unsaturated/α-hetero) is 2. The molecule has 1 aliphatic heterocycles. The maximum atomic E-state index is 14.2. The molecule has 4 N–H and O–H groups in total. The number of hydrogen-bond donors (Lipinski definition) is 4. The molecule has 0 spiro atoms. The van der Waals surface area contributed by atoms with E-state index in [1.165, 1.54) is 9.58 Å². The highest BCUT2D eigenvalue weighted by atomic mass is 32.1. The van der Waals surface area contributed by atoms with Gasteiger partial charge in [0.25, 0.3) is 0 Å². The summed E-state index contributed by atoms with van der Waals surface area (Å²) in [6.07, 6.45) is 2.41. The number of benzene rings is 3. The average Bonchev–Trinajstić information content (AvgIpc) is 4.05. The fraction of sp³-hybridized carbons (Fsp3) is 0.417. The van der Waals surface area contributed by atoms with E-state index in [2.05, 4.69) is 25.9 Å². The first-order valence-corrected chi connectivity index (χ1v) is 22.7. The van der Waals surface area contributed by atoms with Crippen molar-refractivity contribution in [1.82, 2.24) is 35.1 Å². The summed E-state index contributed by atoms with van der Waals surface area (Å²) >= 11 is 1.57. The molecule has 1 fully saturated rings. The second-order valence-electron chi connectivity index (χ2n) is 17.4. The van der Waals surface area contributed by atoms with E-state index >= 15 is 0 Å². The summed E-state index contributed by atoms with van der Waals surface area (Å²) in [5, 5.41) is 33.9. The molecule has 16 nitrogen and oxygen atoms in total. The van der Waals surface area contributed by atoms with Gasteiger partial charge in [-0.05, 0) is 59.7 Å². The Kier molecular flexibility index (Phi) is 16.3. The predicted molar refractivity (Wildman–Crippen MR) is 246 cm³/mol. The van der Waals surface area contributed by atoms with Gasteiger partial charge in [0, 0.05) is 56.2 Å². The summed E-state index contributed by atoms with van der Waals surface area (Å²) < 4.78 is 7.35. The van der Waals surface area contributed by atoms with Crippen molar-refractivity contribution >= 4 is 46.4 Å². The third-order valence-electron chi connectivity index (χ3n) is 11.4. The molecule has 2 aromatic heterocycles. The lowest BCUT2D eigenvalue weighted by Crippen LogP contribution is -2.50. The number of hydrogen-bond acceptors (Lipinski definition) is 12. The molecule has 3 atom stereocenters. The molecular formula is C48H58N8O8S. The summed E-state index contributed by atoms with van der Waals surface area (Å²) in [5.41, 5.74) is 6.32. The summed E-state index contributed by atoms with van der Waals surface area (Å²) in [6, 6.07) is 20.4. The van der Waals surface area contributed by atoms with Gasteiger partial charge in [0.15, 0.2) is 12.5 Å². The molecule has 1 aliphatic rings. The van der Waals surface area contributed by atoms with E-state index in [0.29, 0.717) is 35.8 Å². The van der Waals surface area contributed by atoms with Crippen LogP contribution < -0.4 is 15.4 Å². The zero-order valence-electron chi connectivity index (χ0n) is 37.5. The van der Waals surface area contributed by atoms with Gasteiger partial charge < -0.3 is 35.4 Å². The number of rotatable bonds is 20. The van der Waals surface area contributed by atoms with Crippen molar-refractivity contribution < 1.29 is 38.9 Å². The van der Waals surface area contributed by atoms with Gasteiger partial charge in [-0.2, -0.15) is 0 Å². The Labute approximate surface area is 383 Å². The molecule has 4 amide bonds. The Hall–Kier alpha value is -6.30. The van der Waals surface area contributed by atoms with E-state index in [9.17, 15) is 29.1 Å². The highest BCUT2D eigenvalue weighted by Gasteiger charge is 2.44. The number of nitrogens with one attached hydrogen (secondary N) is 2. The molecule has 0 radical (unpaired) electrons. The van der Waals surface area contributed by atoms with Gasteiger partial charge in [0.2, 0.25) is 11.8 Å². The average molecular weight is 907 g/mol. The maximum Gasteiger partial charge on any atom is 0.322 e. The number of aromatic nitrogens is 4. The van der Waals surface area contributed by atoms with E-state index < -0.39 is 30.1 Å². The molecule has 0 bridgehead atoms. The van der Waals surface area contributed by atoms with E-state index in [4.69, 9.17) is 9.84 Å². The lowest BCUT2D eigenvalue weighted by atomic mass is 9.76. The lowest BCUT2D eigenvalue weighted by Gasteiger charge is -2.34. The van der Waals surface area contributed by atoms with Crippen molar-refractivity contribution in [2.45, 2.75) is 98.7 Å². The van der Waals surface area contributed by atoms with Crippen LogP contribution >= 0.6 is 11.3 Å². The summed E-state index contributed by atoms with van der Waals surface area (Å²) in [4.78, 5) is 74.8. The number of unbranched alkanes of at least 4 members (excludes halogenated alkanes) is 1.